The summed E-state index contributed by atoms with van der Waals surface area (Å²) in [6, 6.07) is 4.01. The lowest BCUT2D eigenvalue weighted by Crippen LogP contribution is -1.88. The summed E-state index contributed by atoms with van der Waals surface area (Å²) in [6.07, 6.45) is 4.33. The number of rotatable bonds is 3. The van der Waals surface area contributed by atoms with Crippen LogP contribution in [0.3, 0.4) is 0 Å². The molecule has 2 rings (SSSR count). The van der Waals surface area contributed by atoms with Gasteiger partial charge in [-0.1, -0.05) is 11.2 Å². The molecule has 0 unspecified atom stereocenters. The average molecular weight is 174 g/mol. The van der Waals surface area contributed by atoms with Gasteiger partial charge in [0.2, 0.25) is 0 Å². The molecule has 1 heterocycles. The van der Waals surface area contributed by atoms with Gasteiger partial charge in [0.25, 0.3) is 0 Å². The lowest BCUT2D eigenvalue weighted by molar-refractivity contribution is 0.974. The standard InChI is InChI=1S/C9H10N4/c10-13-12-6-7-1-4-9(11-5-7)8-2-3-8/h1,4-5,8H,2-3,6H2. The first-order valence-corrected chi connectivity index (χ1v) is 4.36. The topological polar surface area (TPSA) is 61.7 Å². The first-order chi connectivity index (χ1) is 6.40. The van der Waals surface area contributed by atoms with Gasteiger partial charge < -0.3 is 0 Å². The molecule has 1 aromatic rings. The number of nitrogens with zero attached hydrogens (tertiary/aromatic N) is 4. The van der Waals surface area contributed by atoms with Gasteiger partial charge >= 0.3 is 0 Å². The fourth-order valence-corrected chi connectivity index (χ4v) is 1.26. The van der Waals surface area contributed by atoms with E-state index in [1.807, 2.05) is 12.1 Å². The highest BCUT2D eigenvalue weighted by Gasteiger charge is 2.24. The van der Waals surface area contributed by atoms with Crippen LogP contribution in [0.2, 0.25) is 0 Å². The predicted molar refractivity (Wildman–Crippen MR) is 49.1 cm³/mol. The molecule has 0 saturated heterocycles. The van der Waals surface area contributed by atoms with Crippen LogP contribution in [0.4, 0.5) is 0 Å². The van der Waals surface area contributed by atoms with Crippen molar-refractivity contribution in [3.63, 3.8) is 0 Å². The Morgan fingerprint density at radius 3 is 2.92 bits per heavy atom. The molecular weight excluding hydrogens is 164 g/mol. The van der Waals surface area contributed by atoms with Crippen LogP contribution in [0.5, 0.6) is 0 Å². The maximum atomic E-state index is 8.12. The molecule has 1 fully saturated rings. The van der Waals surface area contributed by atoms with Gasteiger partial charge in [-0.3, -0.25) is 4.98 Å². The molecule has 1 aromatic heterocycles. The third kappa shape index (κ3) is 1.98. The lowest BCUT2D eigenvalue weighted by Gasteiger charge is -1.98. The lowest BCUT2D eigenvalue weighted by atomic mass is 10.2. The van der Waals surface area contributed by atoms with E-state index >= 15 is 0 Å². The van der Waals surface area contributed by atoms with E-state index in [-0.39, 0.29) is 0 Å². The van der Waals surface area contributed by atoms with E-state index < -0.39 is 0 Å². The van der Waals surface area contributed by atoms with Gasteiger partial charge in [0.05, 0.1) is 6.54 Å². The molecule has 13 heavy (non-hydrogen) atoms. The van der Waals surface area contributed by atoms with Gasteiger partial charge in [0.15, 0.2) is 0 Å². The third-order valence-corrected chi connectivity index (χ3v) is 2.16. The van der Waals surface area contributed by atoms with Gasteiger partial charge in [0, 0.05) is 22.7 Å². The van der Waals surface area contributed by atoms with Crippen LogP contribution in [-0.4, -0.2) is 4.98 Å². The van der Waals surface area contributed by atoms with E-state index in [4.69, 9.17) is 5.53 Å². The molecule has 0 N–H and O–H groups in total. The van der Waals surface area contributed by atoms with Crippen LogP contribution in [0.1, 0.15) is 30.0 Å². The molecule has 0 radical (unpaired) electrons. The molecule has 0 amide bonds. The SMILES string of the molecule is [N-]=[N+]=NCc1ccc(C2CC2)nc1. The summed E-state index contributed by atoms with van der Waals surface area (Å²) in [5, 5.41) is 3.47. The van der Waals surface area contributed by atoms with Crippen LogP contribution in [-0.2, 0) is 6.54 Å². The smallest absolute Gasteiger partial charge is 0.0526 e. The second kappa shape index (κ2) is 3.46. The molecular formula is C9H10N4. The van der Waals surface area contributed by atoms with Crippen molar-refractivity contribution in [2.45, 2.75) is 25.3 Å². The van der Waals surface area contributed by atoms with E-state index in [0.717, 1.165) is 5.56 Å². The Kier molecular flexibility index (Phi) is 2.15. The van der Waals surface area contributed by atoms with Crippen molar-refractivity contribution in [3.8, 4) is 0 Å². The second-order valence-electron chi connectivity index (χ2n) is 3.25. The highest BCUT2D eigenvalue weighted by Crippen LogP contribution is 2.38. The minimum absolute atomic E-state index is 0.397. The normalized spacial score (nSPS) is 15.1. The largest absolute Gasteiger partial charge is 0.261 e. The highest BCUT2D eigenvalue weighted by molar-refractivity contribution is 5.19. The fourth-order valence-electron chi connectivity index (χ4n) is 1.26. The highest BCUT2D eigenvalue weighted by atomic mass is 15.1. The molecule has 0 aliphatic heterocycles. The van der Waals surface area contributed by atoms with Crippen molar-refractivity contribution in [2.24, 2.45) is 5.11 Å². The molecule has 66 valence electrons. The second-order valence-corrected chi connectivity index (χ2v) is 3.25. The zero-order valence-electron chi connectivity index (χ0n) is 7.22. The Balaban J connectivity index is 2.08. The molecule has 4 heteroatoms. The van der Waals surface area contributed by atoms with E-state index in [9.17, 15) is 0 Å². The Labute approximate surface area is 76.2 Å². The molecule has 1 aliphatic rings. The van der Waals surface area contributed by atoms with E-state index in [0.29, 0.717) is 12.5 Å². The van der Waals surface area contributed by atoms with Crippen molar-refractivity contribution < 1.29 is 0 Å². The first kappa shape index (κ1) is 8.08. The summed E-state index contributed by atoms with van der Waals surface area (Å²) in [7, 11) is 0. The maximum absolute atomic E-state index is 8.12. The number of hydrogen-bond acceptors (Lipinski definition) is 2. The van der Waals surface area contributed by atoms with Crippen LogP contribution in [0, 0.1) is 0 Å². The quantitative estimate of drug-likeness (QED) is 0.394. The first-order valence-electron chi connectivity index (χ1n) is 4.36. The monoisotopic (exact) mass is 174 g/mol. The van der Waals surface area contributed by atoms with E-state index in [1.165, 1.54) is 18.5 Å². The molecule has 0 atom stereocenters. The Morgan fingerprint density at radius 1 is 1.54 bits per heavy atom. The zero-order chi connectivity index (χ0) is 9.10. The van der Waals surface area contributed by atoms with Crippen molar-refractivity contribution in [1.29, 1.82) is 0 Å². The summed E-state index contributed by atoms with van der Waals surface area (Å²) >= 11 is 0. The van der Waals surface area contributed by atoms with Gasteiger partial charge in [-0.2, -0.15) is 0 Å². The molecule has 4 nitrogen and oxygen atoms in total. The van der Waals surface area contributed by atoms with E-state index in [1.54, 1.807) is 6.20 Å². The van der Waals surface area contributed by atoms with Crippen molar-refractivity contribution >= 4 is 0 Å². The Bertz CT molecular complexity index is 333. The zero-order valence-corrected chi connectivity index (χ0v) is 7.22. The molecule has 0 bridgehead atoms. The van der Waals surface area contributed by atoms with Crippen molar-refractivity contribution in [1.82, 2.24) is 4.98 Å². The van der Waals surface area contributed by atoms with Crippen molar-refractivity contribution in [2.75, 3.05) is 0 Å². The van der Waals surface area contributed by atoms with Crippen molar-refractivity contribution in [3.05, 3.63) is 40.0 Å². The van der Waals surface area contributed by atoms with Crippen LogP contribution >= 0.6 is 0 Å². The summed E-state index contributed by atoms with van der Waals surface area (Å²) < 4.78 is 0. The van der Waals surface area contributed by atoms with Gasteiger partial charge in [-0.25, -0.2) is 0 Å². The predicted octanol–water partition coefficient (Wildman–Crippen LogP) is 2.77. The van der Waals surface area contributed by atoms with Crippen LogP contribution in [0.15, 0.2) is 23.4 Å². The summed E-state index contributed by atoms with van der Waals surface area (Å²) in [5.74, 6) is 0.688. The number of azide groups is 1. The minimum atomic E-state index is 0.397. The molecule has 0 spiro atoms. The average Bonchev–Trinajstić information content (AvgIpc) is 2.99. The van der Waals surface area contributed by atoms with Gasteiger partial charge in [0.1, 0.15) is 0 Å². The third-order valence-electron chi connectivity index (χ3n) is 2.16. The number of hydrogen-bond donors (Lipinski definition) is 0. The van der Waals surface area contributed by atoms with Crippen LogP contribution < -0.4 is 0 Å². The Morgan fingerprint density at radius 2 is 2.38 bits per heavy atom. The maximum Gasteiger partial charge on any atom is 0.0526 e. The van der Waals surface area contributed by atoms with E-state index in [2.05, 4.69) is 15.0 Å². The summed E-state index contributed by atoms with van der Waals surface area (Å²) in [5.41, 5.74) is 10.3. The van der Waals surface area contributed by atoms with Gasteiger partial charge in [-0.05, 0) is 30.0 Å². The molecule has 0 aromatic carbocycles. The van der Waals surface area contributed by atoms with Gasteiger partial charge in [-0.15, -0.1) is 0 Å². The molecule has 1 saturated carbocycles. The minimum Gasteiger partial charge on any atom is -0.261 e. The van der Waals surface area contributed by atoms with Crippen LogP contribution in [0.25, 0.3) is 10.4 Å². The summed E-state index contributed by atoms with van der Waals surface area (Å²) in [4.78, 5) is 7.01. The fraction of sp³-hybridized carbons (Fsp3) is 0.444. The number of pyridine rings is 1. The number of aromatic nitrogens is 1. The molecule has 1 aliphatic carbocycles. The summed E-state index contributed by atoms with van der Waals surface area (Å²) in [6.45, 7) is 0.397. The Hall–Kier alpha value is -1.54.